The van der Waals surface area contributed by atoms with Crippen molar-refractivity contribution in [2.45, 2.75) is 39.8 Å². The van der Waals surface area contributed by atoms with Gasteiger partial charge >= 0.3 is 0 Å². The van der Waals surface area contributed by atoms with Gasteiger partial charge in [0.1, 0.15) is 29.4 Å². The Hall–Kier alpha value is -3.74. The van der Waals surface area contributed by atoms with E-state index in [0.29, 0.717) is 22.7 Å². The Labute approximate surface area is 192 Å². The van der Waals surface area contributed by atoms with Crippen LogP contribution in [0.2, 0.25) is 0 Å². The number of ketones is 2. The average molecular weight is 447 g/mol. The molecule has 1 fully saturated rings. The summed E-state index contributed by atoms with van der Waals surface area (Å²) in [6.45, 7) is 7.28. The number of anilines is 1. The van der Waals surface area contributed by atoms with Crippen LogP contribution in [-0.4, -0.2) is 28.7 Å². The van der Waals surface area contributed by atoms with Crippen LogP contribution in [0.25, 0.3) is 11.3 Å². The maximum atomic E-state index is 13.2. The van der Waals surface area contributed by atoms with Crippen LogP contribution < -0.4 is 9.64 Å². The summed E-state index contributed by atoms with van der Waals surface area (Å²) in [7, 11) is 0. The molecule has 2 heterocycles. The molecule has 0 spiro atoms. The number of hydrogen-bond donors (Lipinski definition) is 0. The Morgan fingerprint density at radius 3 is 2.30 bits per heavy atom. The molecule has 0 N–H and O–H groups in total. The topological polar surface area (TPSA) is 89.7 Å². The number of ether oxygens (including phenoxy) is 1. The predicted octanol–water partition coefficient (Wildman–Crippen LogP) is 4.63. The lowest BCUT2D eigenvalue weighted by Crippen LogP contribution is -2.32. The van der Waals surface area contributed by atoms with E-state index in [1.807, 2.05) is 32.0 Å². The van der Waals surface area contributed by atoms with E-state index < -0.39 is 29.6 Å². The molecule has 0 saturated carbocycles. The second-order valence-electron chi connectivity index (χ2n) is 8.65. The summed E-state index contributed by atoms with van der Waals surface area (Å²) in [5, 5.41) is 3.93. The molecule has 33 heavy (non-hydrogen) atoms. The molecule has 1 aliphatic heterocycles. The minimum atomic E-state index is -1.11. The number of hydrogen-bond acceptors (Lipinski definition) is 6. The van der Waals surface area contributed by atoms with Crippen LogP contribution in [-0.2, 0) is 14.4 Å². The molecule has 2 atom stereocenters. The number of nitrogens with zero attached hydrogens (tertiary/aromatic N) is 2. The first-order valence-corrected chi connectivity index (χ1v) is 11.0. The molecule has 2 unspecified atom stereocenters. The summed E-state index contributed by atoms with van der Waals surface area (Å²) in [5.41, 5.74) is 2.61. The summed E-state index contributed by atoms with van der Waals surface area (Å²) in [6, 6.07) is 15.3. The van der Waals surface area contributed by atoms with Crippen LogP contribution in [0.1, 0.15) is 39.3 Å². The summed E-state index contributed by atoms with van der Waals surface area (Å²) in [6.07, 6.45) is 1.36. The van der Waals surface area contributed by atoms with Gasteiger partial charge in [0.25, 0.3) is 5.91 Å². The molecule has 1 saturated heterocycles. The van der Waals surface area contributed by atoms with Gasteiger partial charge in [0.15, 0.2) is 0 Å². The number of rotatable bonds is 7. The van der Waals surface area contributed by atoms with Crippen molar-refractivity contribution in [3.63, 3.8) is 0 Å². The van der Waals surface area contributed by atoms with Crippen molar-refractivity contribution in [1.82, 2.24) is 5.16 Å². The highest BCUT2D eigenvalue weighted by atomic mass is 16.5. The van der Waals surface area contributed by atoms with E-state index >= 15 is 0 Å². The van der Waals surface area contributed by atoms with Crippen LogP contribution in [0.3, 0.4) is 0 Å². The maximum absolute atomic E-state index is 13.2. The fraction of sp³-hybridized carbons (Fsp3) is 0.308. The van der Waals surface area contributed by atoms with E-state index in [4.69, 9.17) is 9.26 Å². The number of aromatic nitrogens is 1. The van der Waals surface area contributed by atoms with Crippen molar-refractivity contribution in [2.24, 2.45) is 11.8 Å². The zero-order chi connectivity index (χ0) is 23.7. The highest BCUT2D eigenvalue weighted by Crippen LogP contribution is 2.44. The van der Waals surface area contributed by atoms with Gasteiger partial charge in [-0.2, -0.15) is 0 Å². The molecular formula is C26H26N2O5. The third-order valence-electron chi connectivity index (χ3n) is 5.66. The molecule has 7 nitrogen and oxygen atoms in total. The van der Waals surface area contributed by atoms with Crippen molar-refractivity contribution in [3.8, 4) is 17.0 Å². The van der Waals surface area contributed by atoms with Gasteiger partial charge in [0, 0.05) is 28.8 Å². The normalized spacial score (nSPS) is 18.4. The Balaban J connectivity index is 1.83. The zero-order valence-corrected chi connectivity index (χ0v) is 19.0. The fourth-order valence-corrected chi connectivity index (χ4v) is 4.15. The first-order chi connectivity index (χ1) is 15.8. The number of Topliss-reactive ketones (excluding diaryl/α,β-unsaturated/α-hetero) is 2. The Kier molecular flexibility index (Phi) is 6.14. The first kappa shape index (κ1) is 22.5. The molecule has 1 aliphatic rings. The van der Waals surface area contributed by atoms with Crippen LogP contribution in [0.4, 0.5) is 5.69 Å². The lowest BCUT2D eigenvalue weighted by atomic mass is 9.84. The lowest BCUT2D eigenvalue weighted by Gasteiger charge is -2.29. The molecule has 7 heteroatoms. The number of benzene rings is 2. The zero-order valence-electron chi connectivity index (χ0n) is 19.0. The van der Waals surface area contributed by atoms with E-state index in [2.05, 4.69) is 5.16 Å². The van der Waals surface area contributed by atoms with Crippen molar-refractivity contribution in [1.29, 1.82) is 0 Å². The van der Waals surface area contributed by atoms with Crippen LogP contribution in [0.15, 0.2) is 65.4 Å². The summed E-state index contributed by atoms with van der Waals surface area (Å²) in [5.74, 6) is -2.62. The van der Waals surface area contributed by atoms with E-state index in [1.54, 1.807) is 50.2 Å². The van der Waals surface area contributed by atoms with E-state index in [0.717, 1.165) is 5.56 Å². The molecule has 1 aromatic heterocycles. The minimum absolute atomic E-state index is 0.117. The molecule has 3 aromatic rings. The molecular weight excluding hydrogens is 420 g/mol. The molecule has 0 aliphatic carbocycles. The Bertz CT molecular complexity index is 1170. The van der Waals surface area contributed by atoms with Crippen LogP contribution >= 0.6 is 0 Å². The summed E-state index contributed by atoms with van der Waals surface area (Å²) in [4.78, 5) is 40.9. The van der Waals surface area contributed by atoms with Crippen LogP contribution in [0.5, 0.6) is 5.75 Å². The Morgan fingerprint density at radius 2 is 1.70 bits per heavy atom. The molecule has 0 radical (unpaired) electrons. The summed E-state index contributed by atoms with van der Waals surface area (Å²) < 4.78 is 10.9. The summed E-state index contributed by atoms with van der Waals surface area (Å²) >= 11 is 0. The minimum Gasteiger partial charge on any atom is -0.491 e. The van der Waals surface area contributed by atoms with Gasteiger partial charge < -0.3 is 9.26 Å². The van der Waals surface area contributed by atoms with Gasteiger partial charge in [-0.1, -0.05) is 49.3 Å². The van der Waals surface area contributed by atoms with Crippen molar-refractivity contribution in [2.75, 3.05) is 4.90 Å². The predicted molar refractivity (Wildman–Crippen MR) is 123 cm³/mol. The quantitative estimate of drug-likeness (QED) is 0.388. The van der Waals surface area contributed by atoms with Gasteiger partial charge in [-0.05, 0) is 32.0 Å². The standard InChI is InChI=1S/C26H26N2O5/c1-15(2)24(29)22-23(19-7-5-6-8-21(19)33-16(3)4)28(26(31)25(22)30)18-11-9-17(10-12-18)20-13-14-32-27-20/h5-16,22-23H,1-4H3. The van der Waals surface area contributed by atoms with Crippen molar-refractivity contribution in [3.05, 3.63) is 66.4 Å². The SMILES string of the molecule is CC(C)Oc1ccccc1C1C(C(=O)C(C)C)C(=O)C(=O)N1c1ccc(-c2ccon2)cc1. The lowest BCUT2D eigenvalue weighted by molar-refractivity contribution is -0.139. The van der Waals surface area contributed by atoms with Gasteiger partial charge in [-0.25, -0.2) is 0 Å². The second-order valence-corrected chi connectivity index (χ2v) is 8.65. The highest BCUT2D eigenvalue weighted by Gasteiger charge is 2.53. The largest absolute Gasteiger partial charge is 0.491 e. The molecule has 0 bridgehead atoms. The fourth-order valence-electron chi connectivity index (χ4n) is 4.15. The van der Waals surface area contributed by atoms with Gasteiger partial charge in [-0.3, -0.25) is 19.3 Å². The number of carbonyl (C=O) groups is 3. The molecule has 170 valence electrons. The second kappa shape index (κ2) is 9.02. The maximum Gasteiger partial charge on any atom is 0.295 e. The van der Waals surface area contributed by atoms with Crippen molar-refractivity contribution < 1.29 is 23.6 Å². The van der Waals surface area contributed by atoms with E-state index in [1.165, 1.54) is 11.2 Å². The number of carbonyl (C=O) groups excluding carboxylic acids is 3. The monoisotopic (exact) mass is 446 g/mol. The van der Waals surface area contributed by atoms with Gasteiger partial charge in [0.2, 0.25) is 5.78 Å². The molecule has 2 aromatic carbocycles. The average Bonchev–Trinajstić information content (AvgIpc) is 3.41. The molecule has 4 rings (SSSR count). The number of amides is 1. The first-order valence-electron chi connectivity index (χ1n) is 11.0. The van der Waals surface area contributed by atoms with Crippen molar-refractivity contribution >= 4 is 23.2 Å². The third-order valence-corrected chi connectivity index (χ3v) is 5.66. The smallest absolute Gasteiger partial charge is 0.295 e. The van der Waals surface area contributed by atoms with Gasteiger partial charge in [0.05, 0.1) is 12.1 Å². The highest BCUT2D eigenvalue weighted by molar-refractivity contribution is 6.48. The third kappa shape index (κ3) is 4.18. The molecule has 1 amide bonds. The van der Waals surface area contributed by atoms with Crippen LogP contribution in [0, 0.1) is 11.8 Å². The van der Waals surface area contributed by atoms with Gasteiger partial charge in [-0.15, -0.1) is 0 Å². The van der Waals surface area contributed by atoms with E-state index in [9.17, 15) is 14.4 Å². The Morgan fingerprint density at radius 1 is 1.00 bits per heavy atom. The number of para-hydroxylation sites is 1. The van der Waals surface area contributed by atoms with E-state index in [-0.39, 0.29) is 11.9 Å².